The number of hydrogen-bond acceptors (Lipinski definition) is 3. The Morgan fingerprint density at radius 3 is 2.52 bits per heavy atom. The fraction of sp³-hybridized carbons (Fsp3) is 0.471. The van der Waals surface area contributed by atoms with Gasteiger partial charge in [0.15, 0.2) is 0 Å². The van der Waals surface area contributed by atoms with E-state index in [-0.39, 0.29) is 36.9 Å². The van der Waals surface area contributed by atoms with Crippen LogP contribution in [0.25, 0.3) is 0 Å². The van der Waals surface area contributed by atoms with Crippen molar-refractivity contribution < 1.29 is 14.4 Å². The van der Waals surface area contributed by atoms with Crippen molar-refractivity contribution >= 4 is 17.7 Å². The maximum atomic E-state index is 12.5. The number of benzene rings is 1. The van der Waals surface area contributed by atoms with Crippen LogP contribution in [0.5, 0.6) is 0 Å². The van der Waals surface area contributed by atoms with Gasteiger partial charge in [-0.3, -0.25) is 14.4 Å². The number of piperazine rings is 1. The minimum atomic E-state index is -0.197. The first-order valence-electron chi connectivity index (χ1n) is 7.80. The number of amides is 3. The van der Waals surface area contributed by atoms with E-state index in [0.717, 1.165) is 5.56 Å². The van der Waals surface area contributed by atoms with Crippen LogP contribution < -0.4 is 5.32 Å². The molecule has 6 nitrogen and oxygen atoms in total. The van der Waals surface area contributed by atoms with E-state index in [9.17, 15) is 14.4 Å². The van der Waals surface area contributed by atoms with Crippen LogP contribution in [0.2, 0.25) is 0 Å². The average molecular weight is 317 g/mol. The Morgan fingerprint density at radius 1 is 1.22 bits per heavy atom. The van der Waals surface area contributed by atoms with Gasteiger partial charge in [0.05, 0.1) is 6.54 Å². The first-order valence-corrected chi connectivity index (χ1v) is 7.80. The quantitative estimate of drug-likeness (QED) is 0.893. The highest BCUT2D eigenvalue weighted by atomic mass is 16.2. The first-order chi connectivity index (χ1) is 10.9. The van der Waals surface area contributed by atoms with Gasteiger partial charge in [-0.05, 0) is 32.4 Å². The van der Waals surface area contributed by atoms with Crippen LogP contribution in [0.3, 0.4) is 0 Å². The van der Waals surface area contributed by atoms with Gasteiger partial charge in [0, 0.05) is 24.7 Å². The fourth-order valence-corrected chi connectivity index (χ4v) is 2.57. The van der Waals surface area contributed by atoms with Crippen LogP contribution in [0, 0.1) is 6.92 Å². The highest BCUT2D eigenvalue weighted by molar-refractivity contribution is 5.98. The van der Waals surface area contributed by atoms with Gasteiger partial charge in [-0.2, -0.15) is 0 Å². The zero-order valence-electron chi connectivity index (χ0n) is 13.8. The molecule has 1 heterocycles. The Kier molecular flexibility index (Phi) is 5.36. The van der Waals surface area contributed by atoms with Gasteiger partial charge in [-0.15, -0.1) is 0 Å². The van der Waals surface area contributed by atoms with Crippen LogP contribution in [-0.4, -0.2) is 59.7 Å². The Balaban J connectivity index is 1.96. The van der Waals surface area contributed by atoms with E-state index >= 15 is 0 Å². The molecule has 1 aliphatic heterocycles. The average Bonchev–Trinajstić information content (AvgIpc) is 2.48. The number of nitrogens with one attached hydrogen (secondary N) is 1. The van der Waals surface area contributed by atoms with E-state index in [1.54, 1.807) is 11.0 Å². The predicted molar refractivity (Wildman–Crippen MR) is 86.9 cm³/mol. The Hall–Kier alpha value is -2.37. The van der Waals surface area contributed by atoms with E-state index in [1.165, 1.54) is 4.90 Å². The molecule has 6 heteroatoms. The number of hydrogen-bond donors (Lipinski definition) is 1. The summed E-state index contributed by atoms with van der Waals surface area (Å²) in [4.78, 5) is 39.5. The Labute approximate surface area is 136 Å². The normalized spacial score (nSPS) is 15.0. The second-order valence-corrected chi connectivity index (χ2v) is 6.08. The van der Waals surface area contributed by atoms with Gasteiger partial charge in [-0.25, -0.2) is 0 Å². The third-order valence-electron chi connectivity index (χ3n) is 3.77. The summed E-state index contributed by atoms with van der Waals surface area (Å²) in [5.41, 5.74) is 1.51. The van der Waals surface area contributed by atoms with Gasteiger partial charge >= 0.3 is 0 Å². The van der Waals surface area contributed by atoms with Crippen molar-refractivity contribution in [1.29, 1.82) is 0 Å². The molecule has 0 radical (unpaired) electrons. The molecule has 1 fully saturated rings. The molecule has 0 unspecified atom stereocenters. The number of carbonyl (C=O) groups is 3. The lowest BCUT2D eigenvalue weighted by atomic mass is 10.1. The lowest BCUT2D eigenvalue weighted by Crippen LogP contribution is -2.54. The second-order valence-electron chi connectivity index (χ2n) is 6.08. The molecule has 3 amide bonds. The third kappa shape index (κ3) is 4.31. The van der Waals surface area contributed by atoms with Crippen molar-refractivity contribution in [3.05, 3.63) is 35.4 Å². The molecule has 1 aliphatic rings. The molecule has 124 valence electrons. The lowest BCUT2D eigenvalue weighted by Gasteiger charge is -2.34. The van der Waals surface area contributed by atoms with Crippen molar-refractivity contribution in [1.82, 2.24) is 15.1 Å². The molecule has 1 aromatic carbocycles. The maximum Gasteiger partial charge on any atom is 0.254 e. The summed E-state index contributed by atoms with van der Waals surface area (Å²) in [5, 5.41) is 2.76. The smallest absolute Gasteiger partial charge is 0.254 e. The Morgan fingerprint density at radius 2 is 1.91 bits per heavy atom. The standard InChI is InChI=1S/C17H23N3O3/c1-12(2)18-15(21)10-19-8-9-20(11-16(19)22)17(23)14-7-5-4-6-13(14)3/h4-7,12H,8-11H2,1-3H3,(H,18,21). The van der Waals surface area contributed by atoms with E-state index in [1.807, 2.05) is 39.0 Å². The number of nitrogens with zero attached hydrogens (tertiary/aromatic N) is 2. The molecule has 0 spiro atoms. The fourth-order valence-electron chi connectivity index (χ4n) is 2.57. The van der Waals surface area contributed by atoms with Crippen molar-refractivity contribution in [2.24, 2.45) is 0 Å². The van der Waals surface area contributed by atoms with Gasteiger partial charge in [0.2, 0.25) is 11.8 Å². The van der Waals surface area contributed by atoms with Crippen molar-refractivity contribution in [2.45, 2.75) is 26.8 Å². The number of carbonyl (C=O) groups excluding carboxylic acids is 3. The molecule has 1 aromatic rings. The summed E-state index contributed by atoms with van der Waals surface area (Å²) < 4.78 is 0. The molecule has 0 aliphatic carbocycles. The van der Waals surface area contributed by atoms with Crippen LogP contribution >= 0.6 is 0 Å². The highest BCUT2D eigenvalue weighted by Crippen LogP contribution is 2.13. The zero-order valence-corrected chi connectivity index (χ0v) is 13.8. The first kappa shape index (κ1) is 17.0. The molecular weight excluding hydrogens is 294 g/mol. The molecule has 0 aromatic heterocycles. The molecule has 1 N–H and O–H groups in total. The van der Waals surface area contributed by atoms with Crippen LogP contribution in [-0.2, 0) is 9.59 Å². The van der Waals surface area contributed by atoms with E-state index in [0.29, 0.717) is 18.7 Å². The molecule has 23 heavy (non-hydrogen) atoms. The molecule has 2 rings (SSSR count). The SMILES string of the molecule is Cc1ccccc1C(=O)N1CCN(CC(=O)NC(C)C)C(=O)C1. The summed E-state index contributed by atoms with van der Waals surface area (Å²) >= 11 is 0. The van der Waals surface area contributed by atoms with Gasteiger partial charge in [0.1, 0.15) is 6.54 Å². The maximum absolute atomic E-state index is 12.5. The van der Waals surface area contributed by atoms with Gasteiger partial charge in [-0.1, -0.05) is 18.2 Å². The molecule has 0 bridgehead atoms. The van der Waals surface area contributed by atoms with Crippen molar-refractivity contribution in [3.63, 3.8) is 0 Å². The molecule has 0 atom stereocenters. The van der Waals surface area contributed by atoms with E-state index < -0.39 is 0 Å². The van der Waals surface area contributed by atoms with Crippen LogP contribution in [0.1, 0.15) is 29.8 Å². The molecular formula is C17H23N3O3. The largest absolute Gasteiger partial charge is 0.352 e. The summed E-state index contributed by atoms with van der Waals surface area (Å²) in [7, 11) is 0. The summed E-state index contributed by atoms with van der Waals surface area (Å²) in [6.07, 6.45) is 0. The summed E-state index contributed by atoms with van der Waals surface area (Å²) in [5.74, 6) is -0.508. The second kappa shape index (κ2) is 7.26. The zero-order chi connectivity index (χ0) is 17.0. The molecule has 1 saturated heterocycles. The predicted octanol–water partition coefficient (Wildman–Crippen LogP) is 0.804. The number of aryl methyl sites for hydroxylation is 1. The minimum Gasteiger partial charge on any atom is -0.352 e. The van der Waals surface area contributed by atoms with E-state index in [4.69, 9.17) is 0 Å². The third-order valence-corrected chi connectivity index (χ3v) is 3.77. The topological polar surface area (TPSA) is 69.7 Å². The minimum absolute atomic E-state index is 0.0160. The lowest BCUT2D eigenvalue weighted by molar-refractivity contribution is -0.139. The summed E-state index contributed by atoms with van der Waals surface area (Å²) in [6, 6.07) is 7.38. The molecule has 0 saturated carbocycles. The van der Waals surface area contributed by atoms with Crippen molar-refractivity contribution in [3.8, 4) is 0 Å². The van der Waals surface area contributed by atoms with E-state index in [2.05, 4.69) is 5.32 Å². The monoisotopic (exact) mass is 317 g/mol. The van der Waals surface area contributed by atoms with Gasteiger partial charge < -0.3 is 15.1 Å². The van der Waals surface area contributed by atoms with Crippen LogP contribution in [0.4, 0.5) is 0 Å². The number of rotatable bonds is 4. The summed E-state index contributed by atoms with van der Waals surface area (Å²) in [6.45, 7) is 6.50. The van der Waals surface area contributed by atoms with Crippen LogP contribution in [0.15, 0.2) is 24.3 Å². The van der Waals surface area contributed by atoms with Gasteiger partial charge in [0.25, 0.3) is 5.91 Å². The Bertz CT molecular complexity index is 613. The highest BCUT2D eigenvalue weighted by Gasteiger charge is 2.29. The van der Waals surface area contributed by atoms with Crippen molar-refractivity contribution in [2.75, 3.05) is 26.2 Å².